The minimum atomic E-state index is -0.747. The van der Waals surface area contributed by atoms with Crippen LogP contribution in [-0.4, -0.2) is 67.2 Å². The fourth-order valence-corrected chi connectivity index (χ4v) is 4.77. The molecule has 3 rings (SSSR count). The summed E-state index contributed by atoms with van der Waals surface area (Å²) in [5, 5.41) is 0. The van der Waals surface area contributed by atoms with Crippen LogP contribution in [0.25, 0.3) is 0 Å². The van der Waals surface area contributed by atoms with Crippen molar-refractivity contribution >= 4 is 5.91 Å². The van der Waals surface area contributed by atoms with Crippen molar-refractivity contribution < 1.29 is 9.53 Å². The first kappa shape index (κ1) is 15.3. The third-order valence-electron chi connectivity index (χ3n) is 6.02. The smallest absolute Gasteiger partial charge is 0.244 e. The molecule has 4 unspecified atom stereocenters. The third kappa shape index (κ3) is 1.97. The number of carbonyl (C=O) groups excluding carboxylic acids is 1. The number of amides is 1. The van der Waals surface area contributed by atoms with Gasteiger partial charge in [0.15, 0.2) is 0 Å². The number of rotatable bonds is 3. The number of nitrogens with zero attached hydrogens (tertiary/aromatic N) is 2. The Kier molecular flexibility index (Phi) is 3.58. The Labute approximate surface area is 127 Å². The molecule has 0 aromatic carbocycles. The molecule has 1 saturated carbocycles. The molecule has 2 heterocycles. The van der Waals surface area contributed by atoms with Gasteiger partial charge in [-0.2, -0.15) is 0 Å². The van der Waals surface area contributed by atoms with Crippen LogP contribution in [0.5, 0.6) is 0 Å². The maximum atomic E-state index is 13.2. The summed E-state index contributed by atoms with van der Waals surface area (Å²) in [6.07, 6.45) is 3.25. The quantitative estimate of drug-likeness (QED) is 0.832. The molecule has 120 valence electrons. The lowest BCUT2D eigenvalue weighted by atomic mass is 9.47. The Hall–Kier alpha value is -0.650. The molecular weight excluding hydrogens is 266 g/mol. The summed E-state index contributed by atoms with van der Waals surface area (Å²) in [6, 6.07) is 0.310. The van der Waals surface area contributed by atoms with Gasteiger partial charge in [0.2, 0.25) is 5.91 Å². The minimum absolute atomic E-state index is 0.154. The van der Waals surface area contributed by atoms with Crippen molar-refractivity contribution in [1.82, 2.24) is 9.80 Å². The number of nitrogens with two attached hydrogens (primary N) is 1. The van der Waals surface area contributed by atoms with Crippen LogP contribution in [-0.2, 0) is 9.53 Å². The van der Waals surface area contributed by atoms with Crippen molar-refractivity contribution in [3.63, 3.8) is 0 Å². The van der Waals surface area contributed by atoms with E-state index in [4.69, 9.17) is 10.5 Å². The summed E-state index contributed by atoms with van der Waals surface area (Å²) >= 11 is 0. The lowest BCUT2D eigenvalue weighted by Crippen LogP contribution is -2.80. The van der Waals surface area contributed by atoms with Crippen molar-refractivity contribution in [1.29, 1.82) is 0 Å². The van der Waals surface area contributed by atoms with E-state index in [2.05, 4.69) is 37.7 Å². The fourth-order valence-electron chi connectivity index (χ4n) is 4.77. The molecule has 1 amide bonds. The first-order valence-corrected chi connectivity index (χ1v) is 8.16. The van der Waals surface area contributed by atoms with Gasteiger partial charge in [0.05, 0.1) is 6.10 Å². The molecular formula is C16H29N3O2. The minimum Gasteiger partial charge on any atom is -0.377 e. The van der Waals surface area contributed by atoms with E-state index in [9.17, 15) is 4.79 Å². The van der Waals surface area contributed by atoms with Gasteiger partial charge in [0.25, 0.3) is 0 Å². The molecule has 21 heavy (non-hydrogen) atoms. The van der Waals surface area contributed by atoms with Crippen molar-refractivity contribution in [3.8, 4) is 0 Å². The van der Waals surface area contributed by atoms with Gasteiger partial charge in [-0.05, 0) is 33.4 Å². The van der Waals surface area contributed by atoms with Gasteiger partial charge in [-0.1, -0.05) is 13.8 Å². The second kappa shape index (κ2) is 4.93. The van der Waals surface area contributed by atoms with Crippen LogP contribution in [0.15, 0.2) is 0 Å². The molecule has 0 aromatic heterocycles. The third-order valence-corrected chi connectivity index (χ3v) is 6.02. The standard InChI is InChI=1S/C16H29N3O2/c1-15(2)13-12(7-9-21-13)16(15,17)14(20)19-8-5-6-11(19)10-18(3)4/h11-13H,5-10,17H2,1-4H3. The van der Waals surface area contributed by atoms with Crippen LogP contribution >= 0.6 is 0 Å². The van der Waals surface area contributed by atoms with Crippen LogP contribution in [0.3, 0.4) is 0 Å². The molecule has 1 aliphatic carbocycles. The molecule has 0 aromatic rings. The number of hydrogen-bond donors (Lipinski definition) is 1. The van der Waals surface area contributed by atoms with E-state index in [-0.39, 0.29) is 23.3 Å². The molecule has 0 spiro atoms. The summed E-state index contributed by atoms with van der Waals surface area (Å²) in [5.41, 5.74) is 5.68. The molecule has 2 aliphatic heterocycles. The molecule has 2 saturated heterocycles. The molecule has 5 nitrogen and oxygen atoms in total. The predicted octanol–water partition coefficient (Wildman–Crippen LogP) is 0.681. The lowest BCUT2D eigenvalue weighted by Gasteiger charge is -2.61. The zero-order chi connectivity index (χ0) is 15.4. The maximum absolute atomic E-state index is 13.2. The number of carbonyl (C=O) groups is 1. The highest BCUT2D eigenvalue weighted by atomic mass is 16.5. The largest absolute Gasteiger partial charge is 0.377 e. The summed E-state index contributed by atoms with van der Waals surface area (Å²) in [5.74, 6) is 0.351. The van der Waals surface area contributed by atoms with E-state index in [0.29, 0.717) is 6.04 Å². The van der Waals surface area contributed by atoms with Gasteiger partial charge in [-0.25, -0.2) is 0 Å². The molecule has 4 atom stereocenters. The second-order valence-corrected chi connectivity index (χ2v) is 7.83. The molecule has 3 aliphatic rings. The number of likely N-dealkylation sites (N-methyl/N-ethyl adjacent to an activating group) is 1. The van der Waals surface area contributed by atoms with E-state index in [0.717, 1.165) is 39.0 Å². The first-order chi connectivity index (χ1) is 9.80. The highest BCUT2D eigenvalue weighted by molar-refractivity contribution is 5.90. The maximum Gasteiger partial charge on any atom is 0.244 e. The van der Waals surface area contributed by atoms with E-state index >= 15 is 0 Å². The number of fused-ring (bicyclic) bond motifs is 1. The van der Waals surface area contributed by atoms with E-state index < -0.39 is 5.54 Å². The zero-order valence-electron chi connectivity index (χ0n) is 13.8. The van der Waals surface area contributed by atoms with Crippen LogP contribution < -0.4 is 5.73 Å². The monoisotopic (exact) mass is 295 g/mol. The lowest BCUT2D eigenvalue weighted by molar-refractivity contribution is -0.185. The van der Waals surface area contributed by atoms with Crippen LogP contribution in [0.4, 0.5) is 0 Å². The van der Waals surface area contributed by atoms with Crippen LogP contribution in [0.1, 0.15) is 33.1 Å². The van der Waals surface area contributed by atoms with Gasteiger partial charge in [0.1, 0.15) is 5.54 Å². The Balaban J connectivity index is 1.81. The van der Waals surface area contributed by atoms with Crippen LogP contribution in [0.2, 0.25) is 0 Å². The van der Waals surface area contributed by atoms with E-state index in [1.165, 1.54) is 0 Å². The summed E-state index contributed by atoms with van der Waals surface area (Å²) in [6.45, 7) is 6.70. The van der Waals surface area contributed by atoms with Gasteiger partial charge in [0, 0.05) is 37.1 Å². The molecule has 5 heteroatoms. The van der Waals surface area contributed by atoms with Crippen molar-refractivity contribution in [2.45, 2.75) is 50.8 Å². The Morgan fingerprint density at radius 3 is 2.76 bits per heavy atom. The Morgan fingerprint density at radius 1 is 1.38 bits per heavy atom. The summed E-state index contributed by atoms with van der Waals surface area (Å²) in [7, 11) is 4.13. The Morgan fingerprint density at radius 2 is 2.10 bits per heavy atom. The predicted molar refractivity (Wildman–Crippen MR) is 81.8 cm³/mol. The summed E-state index contributed by atoms with van der Waals surface area (Å²) in [4.78, 5) is 17.4. The molecule has 0 bridgehead atoms. The summed E-state index contributed by atoms with van der Waals surface area (Å²) < 4.78 is 5.81. The number of likely N-dealkylation sites (tertiary alicyclic amines) is 1. The topological polar surface area (TPSA) is 58.8 Å². The van der Waals surface area contributed by atoms with Crippen LogP contribution in [0, 0.1) is 11.3 Å². The average Bonchev–Trinajstić information content (AvgIpc) is 3.03. The Bertz CT molecular complexity index is 437. The average molecular weight is 295 g/mol. The van der Waals surface area contributed by atoms with Gasteiger partial charge in [-0.15, -0.1) is 0 Å². The zero-order valence-corrected chi connectivity index (χ0v) is 13.8. The van der Waals surface area contributed by atoms with E-state index in [1.54, 1.807) is 0 Å². The second-order valence-electron chi connectivity index (χ2n) is 7.83. The van der Waals surface area contributed by atoms with Gasteiger partial charge in [-0.3, -0.25) is 4.79 Å². The number of hydrogen-bond acceptors (Lipinski definition) is 4. The highest BCUT2D eigenvalue weighted by Gasteiger charge is 2.72. The highest BCUT2D eigenvalue weighted by Crippen LogP contribution is 2.59. The molecule has 3 fully saturated rings. The number of ether oxygens (including phenoxy) is 1. The van der Waals surface area contributed by atoms with Gasteiger partial charge < -0.3 is 20.3 Å². The van der Waals surface area contributed by atoms with E-state index in [1.807, 2.05) is 0 Å². The fraction of sp³-hybridized carbons (Fsp3) is 0.938. The van der Waals surface area contributed by atoms with Gasteiger partial charge >= 0.3 is 0 Å². The van der Waals surface area contributed by atoms with Crippen molar-refractivity contribution in [2.75, 3.05) is 33.8 Å². The van der Waals surface area contributed by atoms with Crippen molar-refractivity contribution in [3.05, 3.63) is 0 Å². The molecule has 2 N–H and O–H groups in total. The first-order valence-electron chi connectivity index (χ1n) is 8.16. The molecule has 0 radical (unpaired) electrons. The SMILES string of the molecule is CN(C)CC1CCCN1C(=O)C1(N)C2CCOC2C1(C)C. The normalized spacial score (nSPS) is 41.2. The van der Waals surface area contributed by atoms with Crippen molar-refractivity contribution in [2.24, 2.45) is 17.1 Å².